The third kappa shape index (κ3) is 4.28. The molecule has 0 saturated heterocycles. The summed E-state index contributed by atoms with van der Waals surface area (Å²) in [7, 11) is 4.14. The van der Waals surface area contributed by atoms with Crippen LogP contribution in [0.2, 0.25) is 0 Å². The van der Waals surface area contributed by atoms with Crippen molar-refractivity contribution in [3.8, 4) is 0 Å². The van der Waals surface area contributed by atoms with E-state index < -0.39 is 5.60 Å². The van der Waals surface area contributed by atoms with Crippen molar-refractivity contribution < 1.29 is 14.6 Å². The summed E-state index contributed by atoms with van der Waals surface area (Å²) in [5.74, 6) is 0. The highest BCUT2D eigenvalue weighted by molar-refractivity contribution is 5.88. The Morgan fingerprint density at radius 3 is 2.74 bits per heavy atom. The number of nitrogens with zero attached hydrogens (tertiary/aromatic N) is 2. The molecule has 2 N–H and O–H groups in total. The predicted octanol–water partition coefficient (Wildman–Crippen LogP) is 2.93. The number of hydrogen-bond acceptors (Lipinski definition) is 4. The van der Waals surface area contributed by atoms with Gasteiger partial charge in [0.05, 0.1) is 19.2 Å². The van der Waals surface area contributed by atoms with Crippen LogP contribution in [0, 0.1) is 0 Å². The van der Waals surface area contributed by atoms with Crippen LogP contribution in [-0.2, 0) is 24.1 Å². The molecule has 0 aliphatic carbocycles. The summed E-state index contributed by atoms with van der Waals surface area (Å²) in [6.45, 7) is 6.93. The van der Waals surface area contributed by atoms with Gasteiger partial charge in [0.25, 0.3) is 0 Å². The summed E-state index contributed by atoms with van der Waals surface area (Å²) in [6.07, 6.45) is 3.29. The maximum absolute atomic E-state index is 12.7. The van der Waals surface area contributed by atoms with E-state index in [0.29, 0.717) is 13.0 Å². The highest BCUT2D eigenvalue weighted by Crippen LogP contribution is 2.33. The number of likely N-dealkylation sites (N-methyl/N-ethyl adjacent to an activating group) is 1. The van der Waals surface area contributed by atoms with E-state index in [1.165, 1.54) is 16.5 Å². The lowest BCUT2D eigenvalue weighted by Crippen LogP contribution is -2.48. The molecule has 6 heteroatoms. The van der Waals surface area contributed by atoms with E-state index in [0.717, 1.165) is 24.0 Å². The van der Waals surface area contributed by atoms with Crippen molar-refractivity contribution in [2.75, 3.05) is 27.2 Å². The van der Waals surface area contributed by atoms with E-state index >= 15 is 0 Å². The van der Waals surface area contributed by atoms with E-state index in [2.05, 4.69) is 42.3 Å². The summed E-state index contributed by atoms with van der Waals surface area (Å²) in [4.78, 5) is 20.0. The minimum atomic E-state index is -0.561. The lowest BCUT2D eigenvalue weighted by Gasteiger charge is -2.37. The number of carbonyl (C=O) groups excluding carboxylic acids is 1. The first-order valence-electron chi connectivity index (χ1n) is 9.55. The molecule has 3 rings (SSSR count). The number of aromatic amines is 1. The Kier molecular flexibility index (Phi) is 5.49. The molecule has 2 heterocycles. The summed E-state index contributed by atoms with van der Waals surface area (Å²) in [5, 5.41) is 11.1. The number of ether oxygens (including phenoxy) is 1. The molecule has 1 amide bonds. The van der Waals surface area contributed by atoms with Crippen LogP contribution in [0.15, 0.2) is 18.3 Å². The molecule has 1 aromatic carbocycles. The van der Waals surface area contributed by atoms with Crippen molar-refractivity contribution in [3.05, 3.63) is 35.0 Å². The zero-order valence-electron chi connectivity index (χ0n) is 17.0. The SMILES string of the molecule is CN(C)CCc1c[nH]c2ccc3c(c12)CN(C(=O)OC(C)(C)C)C(CO)C3. The van der Waals surface area contributed by atoms with Crippen molar-refractivity contribution in [2.24, 2.45) is 0 Å². The summed E-state index contributed by atoms with van der Waals surface area (Å²) in [5.41, 5.74) is 4.16. The fraction of sp³-hybridized carbons (Fsp3) is 0.571. The van der Waals surface area contributed by atoms with Crippen LogP contribution in [0.5, 0.6) is 0 Å². The molecule has 1 atom stereocenters. The largest absolute Gasteiger partial charge is 0.444 e. The third-order valence-electron chi connectivity index (χ3n) is 5.02. The fourth-order valence-electron chi connectivity index (χ4n) is 3.69. The van der Waals surface area contributed by atoms with Gasteiger partial charge in [-0.15, -0.1) is 0 Å². The maximum Gasteiger partial charge on any atom is 0.410 e. The van der Waals surface area contributed by atoms with Gasteiger partial charge in [-0.1, -0.05) is 6.07 Å². The topological polar surface area (TPSA) is 68.8 Å². The normalized spacial score (nSPS) is 17.4. The van der Waals surface area contributed by atoms with Crippen LogP contribution in [-0.4, -0.2) is 64.9 Å². The van der Waals surface area contributed by atoms with E-state index in [1.54, 1.807) is 4.90 Å². The van der Waals surface area contributed by atoms with Gasteiger partial charge in [-0.25, -0.2) is 4.79 Å². The predicted molar refractivity (Wildman–Crippen MR) is 107 cm³/mol. The number of aliphatic hydroxyl groups excluding tert-OH is 1. The van der Waals surface area contributed by atoms with Gasteiger partial charge in [0.1, 0.15) is 5.60 Å². The van der Waals surface area contributed by atoms with Gasteiger partial charge in [0.15, 0.2) is 0 Å². The number of benzene rings is 1. The lowest BCUT2D eigenvalue weighted by molar-refractivity contribution is 0.00477. The molecule has 0 radical (unpaired) electrons. The Labute approximate surface area is 161 Å². The zero-order valence-corrected chi connectivity index (χ0v) is 17.0. The molecule has 0 saturated carbocycles. The molecule has 1 aromatic heterocycles. The maximum atomic E-state index is 12.7. The van der Waals surface area contributed by atoms with Gasteiger partial charge in [-0.05, 0) is 70.5 Å². The molecule has 2 aromatic rings. The number of nitrogens with one attached hydrogen (secondary N) is 1. The second-order valence-electron chi connectivity index (χ2n) is 8.64. The Hall–Kier alpha value is -2.05. The molecule has 27 heavy (non-hydrogen) atoms. The van der Waals surface area contributed by atoms with Gasteiger partial charge >= 0.3 is 6.09 Å². The molecular weight excluding hydrogens is 342 g/mol. The average Bonchev–Trinajstić information content (AvgIpc) is 3.00. The van der Waals surface area contributed by atoms with Crippen molar-refractivity contribution in [1.82, 2.24) is 14.8 Å². The van der Waals surface area contributed by atoms with E-state index in [4.69, 9.17) is 4.74 Å². The van der Waals surface area contributed by atoms with Crippen molar-refractivity contribution in [1.29, 1.82) is 0 Å². The van der Waals surface area contributed by atoms with Crippen molar-refractivity contribution in [2.45, 2.75) is 51.8 Å². The fourth-order valence-corrected chi connectivity index (χ4v) is 3.69. The molecule has 1 unspecified atom stereocenters. The van der Waals surface area contributed by atoms with Crippen LogP contribution in [0.3, 0.4) is 0 Å². The Morgan fingerprint density at radius 1 is 1.37 bits per heavy atom. The first kappa shape index (κ1) is 19.7. The molecule has 0 bridgehead atoms. The first-order chi connectivity index (χ1) is 12.7. The standard InChI is InChI=1S/C21H31N3O3/c1-21(2,3)27-20(26)24-12-17-14(10-16(24)13-25)6-7-18-19(17)15(11-22-18)8-9-23(4)5/h6-7,11,16,22,25H,8-10,12-13H2,1-5H3. The Balaban J connectivity index is 1.97. The number of aromatic nitrogens is 1. The smallest absolute Gasteiger partial charge is 0.410 e. The zero-order chi connectivity index (χ0) is 19.8. The minimum absolute atomic E-state index is 0.0721. The molecule has 1 aliphatic heterocycles. The average molecular weight is 373 g/mol. The Morgan fingerprint density at radius 2 is 2.11 bits per heavy atom. The van der Waals surface area contributed by atoms with Crippen LogP contribution in [0.1, 0.15) is 37.5 Å². The highest BCUT2D eigenvalue weighted by Gasteiger charge is 2.33. The second-order valence-corrected chi connectivity index (χ2v) is 8.64. The van der Waals surface area contributed by atoms with Crippen LogP contribution in [0.4, 0.5) is 4.79 Å². The van der Waals surface area contributed by atoms with Gasteiger partial charge in [0.2, 0.25) is 0 Å². The first-order valence-corrected chi connectivity index (χ1v) is 9.55. The van der Waals surface area contributed by atoms with Gasteiger partial charge in [-0.3, -0.25) is 4.90 Å². The van der Waals surface area contributed by atoms with E-state index in [-0.39, 0.29) is 18.7 Å². The molecule has 0 fully saturated rings. The van der Waals surface area contributed by atoms with Crippen LogP contribution in [0.25, 0.3) is 10.9 Å². The monoisotopic (exact) mass is 373 g/mol. The number of rotatable bonds is 4. The Bertz CT molecular complexity index is 820. The number of amides is 1. The molecule has 148 valence electrons. The minimum Gasteiger partial charge on any atom is -0.444 e. The van der Waals surface area contributed by atoms with Gasteiger partial charge in [-0.2, -0.15) is 0 Å². The van der Waals surface area contributed by atoms with Crippen LogP contribution >= 0.6 is 0 Å². The van der Waals surface area contributed by atoms with E-state index in [1.807, 2.05) is 20.8 Å². The number of aliphatic hydroxyl groups is 1. The number of fused-ring (bicyclic) bond motifs is 3. The molecular formula is C21H31N3O3. The van der Waals surface area contributed by atoms with Crippen LogP contribution < -0.4 is 0 Å². The number of hydrogen-bond donors (Lipinski definition) is 2. The van der Waals surface area contributed by atoms with Gasteiger partial charge < -0.3 is 19.7 Å². The second kappa shape index (κ2) is 7.52. The number of carbonyl (C=O) groups is 1. The van der Waals surface area contributed by atoms with Gasteiger partial charge in [0, 0.05) is 23.6 Å². The van der Waals surface area contributed by atoms with Crippen molar-refractivity contribution >= 4 is 17.0 Å². The molecule has 6 nitrogen and oxygen atoms in total. The highest BCUT2D eigenvalue weighted by atomic mass is 16.6. The quantitative estimate of drug-likeness (QED) is 0.865. The van der Waals surface area contributed by atoms with E-state index in [9.17, 15) is 9.90 Å². The summed E-state index contributed by atoms with van der Waals surface area (Å²) >= 11 is 0. The third-order valence-corrected chi connectivity index (χ3v) is 5.02. The molecule has 1 aliphatic rings. The number of H-pyrrole nitrogens is 1. The summed E-state index contributed by atoms with van der Waals surface area (Å²) < 4.78 is 5.59. The molecule has 0 spiro atoms. The lowest BCUT2D eigenvalue weighted by atomic mass is 9.90. The summed E-state index contributed by atoms with van der Waals surface area (Å²) in [6, 6.07) is 3.96. The van der Waals surface area contributed by atoms with Crippen molar-refractivity contribution in [3.63, 3.8) is 0 Å².